The Labute approximate surface area is 132 Å². The quantitative estimate of drug-likeness (QED) is 0.671. The van der Waals surface area contributed by atoms with Crippen LogP contribution in [0.1, 0.15) is 5.56 Å². The van der Waals surface area contributed by atoms with Crippen LogP contribution in [-0.2, 0) is 4.79 Å². The van der Waals surface area contributed by atoms with E-state index in [4.69, 9.17) is 10.5 Å². The van der Waals surface area contributed by atoms with Gasteiger partial charge in [-0.1, -0.05) is 12.1 Å². The second kappa shape index (κ2) is 7.39. The Hall–Kier alpha value is -3.64. The lowest BCUT2D eigenvalue weighted by molar-refractivity contribution is -0.112. The lowest BCUT2D eigenvalue weighted by Crippen LogP contribution is -2.14. The van der Waals surface area contributed by atoms with Crippen molar-refractivity contribution in [1.82, 2.24) is 0 Å². The Kier molecular flexibility index (Phi) is 5.06. The second-order valence-corrected chi connectivity index (χ2v) is 4.43. The van der Waals surface area contributed by atoms with Gasteiger partial charge in [0, 0.05) is 11.9 Å². The van der Waals surface area contributed by atoms with Crippen LogP contribution in [0.4, 0.5) is 15.8 Å². The maximum Gasteiger partial charge on any atom is 0.267 e. The molecule has 2 N–H and O–H groups in total. The molecule has 2 rings (SSSR count). The molecule has 23 heavy (non-hydrogen) atoms. The fourth-order valence-corrected chi connectivity index (χ4v) is 1.74. The average Bonchev–Trinajstić information content (AvgIpc) is 2.58. The predicted molar refractivity (Wildman–Crippen MR) is 83.5 cm³/mol. The number of rotatable bonds is 4. The maximum atomic E-state index is 12.8. The van der Waals surface area contributed by atoms with Crippen molar-refractivity contribution in [2.24, 2.45) is 0 Å². The van der Waals surface area contributed by atoms with E-state index in [1.165, 1.54) is 30.5 Å². The van der Waals surface area contributed by atoms with Crippen molar-refractivity contribution in [2.45, 2.75) is 0 Å². The van der Waals surface area contributed by atoms with Crippen LogP contribution in [0, 0.1) is 28.5 Å². The van der Waals surface area contributed by atoms with E-state index in [2.05, 4.69) is 10.6 Å². The normalized spacial score (nSPS) is 10.3. The zero-order valence-corrected chi connectivity index (χ0v) is 11.9. The van der Waals surface area contributed by atoms with Crippen LogP contribution in [0.5, 0.6) is 0 Å². The minimum Gasteiger partial charge on any atom is -0.359 e. The van der Waals surface area contributed by atoms with Crippen molar-refractivity contribution < 1.29 is 9.18 Å². The molecule has 0 unspecified atom stereocenters. The van der Waals surface area contributed by atoms with Crippen molar-refractivity contribution in [1.29, 1.82) is 10.5 Å². The number of benzene rings is 2. The van der Waals surface area contributed by atoms with Gasteiger partial charge in [-0.3, -0.25) is 4.79 Å². The Morgan fingerprint density at radius 3 is 2.43 bits per heavy atom. The molecule has 2 aromatic rings. The van der Waals surface area contributed by atoms with E-state index in [-0.39, 0.29) is 5.57 Å². The first kappa shape index (κ1) is 15.7. The van der Waals surface area contributed by atoms with Crippen molar-refractivity contribution in [3.63, 3.8) is 0 Å². The summed E-state index contributed by atoms with van der Waals surface area (Å²) < 4.78 is 12.8. The van der Waals surface area contributed by atoms with Crippen molar-refractivity contribution >= 4 is 17.3 Å². The number of anilines is 2. The van der Waals surface area contributed by atoms with Gasteiger partial charge < -0.3 is 10.6 Å². The van der Waals surface area contributed by atoms with Gasteiger partial charge in [-0.05, 0) is 36.4 Å². The largest absolute Gasteiger partial charge is 0.359 e. The number of carbonyl (C=O) groups is 1. The van der Waals surface area contributed by atoms with Gasteiger partial charge in [-0.25, -0.2) is 4.39 Å². The van der Waals surface area contributed by atoms with E-state index in [0.717, 1.165) is 0 Å². The summed E-state index contributed by atoms with van der Waals surface area (Å²) in [5.74, 6) is -1.06. The highest BCUT2D eigenvalue weighted by atomic mass is 19.1. The molecule has 0 aliphatic carbocycles. The smallest absolute Gasteiger partial charge is 0.267 e. The van der Waals surface area contributed by atoms with E-state index in [0.29, 0.717) is 16.9 Å². The molecule has 0 aromatic heterocycles. The van der Waals surface area contributed by atoms with Gasteiger partial charge in [0.05, 0.1) is 11.3 Å². The standard InChI is InChI=1S/C17H11FN4O/c18-14-5-7-15(8-6-14)22-17(23)13(10-20)11-21-16-4-2-1-3-12(16)9-19/h1-8,11,21H,(H,22,23)/b13-11-. The summed E-state index contributed by atoms with van der Waals surface area (Å²) in [6.45, 7) is 0. The summed E-state index contributed by atoms with van der Waals surface area (Å²) in [4.78, 5) is 12.0. The topological polar surface area (TPSA) is 88.7 Å². The van der Waals surface area contributed by atoms with Gasteiger partial charge in [0.25, 0.3) is 5.91 Å². The van der Waals surface area contributed by atoms with Crippen molar-refractivity contribution in [2.75, 3.05) is 10.6 Å². The van der Waals surface area contributed by atoms with Crippen LogP contribution in [0.15, 0.2) is 60.3 Å². The van der Waals surface area contributed by atoms with Crippen LogP contribution in [0.25, 0.3) is 0 Å². The zero-order valence-electron chi connectivity index (χ0n) is 11.9. The monoisotopic (exact) mass is 306 g/mol. The summed E-state index contributed by atoms with van der Waals surface area (Å²) in [6.07, 6.45) is 1.22. The lowest BCUT2D eigenvalue weighted by Gasteiger charge is -2.06. The Morgan fingerprint density at radius 2 is 1.78 bits per heavy atom. The summed E-state index contributed by atoms with van der Waals surface area (Å²) in [6, 6.07) is 15.7. The van der Waals surface area contributed by atoms with Crippen LogP contribution in [0.3, 0.4) is 0 Å². The molecule has 1 amide bonds. The minimum absolute atomic E-state index is 0.179. The Balaban J connectivity index is 2.12. The molecule has 0 saturated heterocycles. The van der Waals surface area contributed by atoms with E-state index in [9.17, 15) is 9.18 Å². The van der Waals surface area contributed by atoms with Gasteiger partial charge >= 0.3 is 0 Å². The van der Waals surface area contributed by atoms with E-state index in [1.54, 1.807) is 30.3 Å². The summed E-state index contributed by atoms with van der Waals surface area (Å²) in [7, 11) is 0. The highest BCUT2D eigenvalue weighted by molar-refractivity contribution is 6.06. The first-order chi connectivity index (χ1) is 11.1. The van der Waals surface area contributed by atoms with Gasteiger partial charge in [0.2, 0.25) is 0 Å². The second-order valence-electron chi connectivity index (χ2n) is 4.43. The molecule has 0 aliphatic rings. The molecule has 112 valence electrons. The third-order valence-corrected chi connectivity index (χ3v) is 2.89. The first-order valence-electron chi connectivity index (χ1n) is 6.57. The molecule has 0 fully saturated rings. The number of hydrogen-bond acceptors (Lipinski definition) is 4. The number of amides is 1. The zero-order chi connectivity index (χ0) is 16.7. The van der Waals surface area contributed by atoms with Gasteiger partial charge in [0.1, 0.15) is 23.5 Å². The molecule has 0 saturated carbocycles. The maximum absolute atomic E-state index is 12.8. The first-order valence-corrected chi connectivity index (χ1v) is 6.57. The van der Waals surface area contributed by atoms with Crippen LogP contribution in [0.2, 0.25) is 0 Å². The lowest BCUT2D eigenvalue weighted by atomic mass is 10.2. The molecular weight excluding hydrogens is 295 g/mol. The number of hydrogen-bond donors (Lipinski definition) is 2. The van der Waals surface area contributed by atoms with E-state index in [1.807, 2.05) is 6.07 Å². The highest BCUT2D eigenvalue weighted by Crippen LogP contribution is 2.14. The molecule has 0 heterocycles. The van der Waals surface area contributed by atoms with Crippen molar-refractivity contribution in [3.8, 4) is 12.1 Å². The molecule has 0 atom stereocenters. The van der Waals surface area contributed by atoms with E-state index < -0.39 is 11.7 Å². The summed E-state index contributed by atoms with van der Waals surface area (Å²) in [5.41, 5.74) is 1.06. The van der Waals surface area contributed by atoms with Crippen LogP contribution in [-0.4, -0.2) is 5.91 Å². The Morgan fingerprint density at radius 1 is 1.09 bits per heavy atom. The highest BCUT2D eigenvalue weighted by Gasteiger charge is 2.09. The third-order valence-electron chi connectivity index (χ3n) is 2.89. The number of nitriles is 2. The molecule has 6 heteroatoms. The predicted octanol–water partition coefficient (Wildman–Crippen LogP) is 3.16. The molecule has 2 aromatic carbocycles. The fraction of sp³-hybridized carbons (Fsp3) is 0. The van der Waals surface area contributed by atoms with Crippen LogP contribution >= 0.6 is 0 Å². The number of nitrogens with zero attached hydrogens (tertiary/aromatic N) is 2. The average molecular weight is 306 g/mol. The molecule has 0 aliphatic heterocycles. The Bertz CT molecular complexity index is 829. The molecule has 0 radical (unpaired) electrons. The molecular formula is C17H11FN4O. The molecule has 0 bridgehead atoms. The van der Waals surface area contributed by atoms with Gasteiger partial charge in [-0.2, -0.15) is 10.5 Å². The van der Waals surface area contributed by atoms with Crippen LogP contribution < -0.4 is 10.6 Å². The van der Waals surface area contributed by atoms with E-state index >= 15 is 0 Å². The number of halogens is 1. The summed E-state index contributed by atoms with van der Waals surface area (Å²) >= 11 is 0. The SMILES string of the molecule is N#C/C(=C/Nc1ccccc1C#N)C(=O)Nc1ccc(F)cc1. The van der Waals surface area contributed by atoms with Gasteiger partial charge in [0.15, 0.2) is 0 Å². The van der Waals surface area contributed by atoms with Crippen molar-refractivity contribution in [3.05, 3.63) is 71.7 Å². The minimum atomic E-state index is -0.638. The molecule has 0 spiro atoms. The van der Waals surface area contributed by atoms with Gasteiger partial charge in [-0.15, -0.1) is 0 Å². The number of para-hydroxylation sites is 1. The summed E-state index contributed by atoms with van der Waals surface area (Å²) in [5, 5.41) is 23.3. The number of nitrogens with one attached hydrogen (secondary N) is 2. The molecule has 5 nitrogen and oxygen atoms in total. The third kappa shape index (κ3) is 4.16. The fourth-order valence-electron chi connectivity index (χ4n) is 1.74. The number of carbonyl (C=O) groups excluding carboxylic acids is 1.